The summed E-state index contributed by atoms with van der Waals surface area (Å²) in [4.78, 5) is 19.9. The van der Waals surface area contributed by atoms with Crippen LogP contribution in [-0.2, 0) is 17.6 Å². The minimum absolute atomic E-state index is 0.376. The topological polar surface area (TPSA) is 63.1 Å². The summed E-state index contributed by atoms with van der Waals surface area (Å²) in [6.45, 7) is 3.95. The van der Waals surface area contributed by atoms with Crippen LogP contribution >= 0.6 is 0 Å². The number of carbonyl (C=O) groups is 1. The third-order valence-corrected chi connectivity index (χ3v) is 4.45. The van der Waals surface area contributed by atoms with Crippen molar-refractivity contribution < 1.29 is 9.90 Å². The number of benzene rings is 1. The summed E-state index contributed by atoms with van der Waals surface area (Å²) in [6.07, 6.45) is 11.8. The fourth-order valence-electron chi connectivity index (χ4n) is 2.80. The number of rotatable bonds is 10. The molecule has 1 unspecified atom stereocenters. The van der Waals surface area contributed by atoms with E-state index in [4.69, 9.17) is 5.11 Å². The second-order valence-electron chi connectivity index (χ2n) is 6.72. The molecule has 2 aromatic rings. The number of hydrogen-bond acceptors (Lipinski definition) is 3. The van der Waals surface area contributed by atoms with E-state index in [1.807, 2.05) is 36.7 Å². The molecule has 0 aliphatic rings. The predicted molar refractivity (Wildman–Crippen MR) is 100 cm³/mol. The highest BCUT2D eigenvalue weighted by Crippen LogP contribution is 2.18. The SMILES string of the molecule is CCCCCCCc1cnc(-c2ccc(CC(C)C(=O)O)cc2)nc1. The molecule has 0 aliphatic heterocycles. The van der Waals surface area contributed by atoms with Gasteiger partial charge in [-0.25, -0.2) is 9.97 Å². The van der Waals surface area contributed by atoms with Crippen molar-refractivity contribution in [1.82, 2.24) is 9.97 Å². The number of aryl methyl sites for hydroxylation is 1. The van der Waals surface area contributed by atoms with Crippen LogP contribution in [0.25, 0.3) is 11.4 Å². The lowest BCUT2D eigenvalue weighted by molar-refractivity contribution is -0.141. The fraction of sp³-hybridized carbons (Fsp3) is 0.476. The van der Waals surface area contributed by atoms with Gasteiger partial charge in [0.25, 0.3) is 0 Å². The smallest absolute Gasteiger partial charge is 0.306 e. The lowest BCUT2D eigenvalue weighted by Crippen LogP contribution is -2.12. The maximum Gasteiger partial charge on any atom is 0.306 e. The van der Waals surface area contributed by atoms with Gasteiger partial charge < -0.3 is 5.11 Å². The first-order valence-electron chi connectivity index (χ1n) is 9.23. The molecule has 0 radical (unpaired) electrons. The summed E-state index contributed by atoms with van der Waals surface area (Å²) < 4.78 is 0. The summed E-state index contributed by atoms with van der Waals surface area (Å²) in [5, 5.41) is 8.99. The van der Waals surface area contributed by atoms with Crippen LogP contribution in [0.1, 0.15) is 57.1 Å². The van der Waals surface area contributed by atoms with Gasteiger partial charge in [-0.05, 0) is 30.4 Å². The van der Waals surface area contributed by atoms with Crippen molar-refractivity contribution in [3.8, 4) is 11.4 Å². The van der Waals surface area contributed by atoms with Crippen molar-refractivity contribution in [2.24, 2.45) is 5.92 Å². The molecule has 0 bridgehead atoms. The Morgan fingerprint density at radius 1 is 1.00 bits per heavy atom. The number of aliphatic carboxylic acids is 1. The second-order valence-corrected chi connectivity index (χ2v) is 6.72. The first-order valence-corrected chi connectivity index (χ1v) is 9.23. The summed E-state index contributed by atoms with van der Waals surface area (Å²) in [6, 6.07) is 7.84. The van der Waals surface area contributed by atoms with Gasteiger partial charge in [0.15, 0.2) is 5.82 Å². The van der Waals surface area contributed by atoms with Crippen molar-refractivity contribution >= 4 is 5.97 Å². The van der Waals surface area contributed by atoms with E-state index in [1.165, 1.54) is 37.7 Å². The quantitative estimate of drug-likeness (QED) is 0.624. The van der Waals surface area contributed by atoms with Crippen LogP contribution in [0.2, 0.25) is 0 Å². The molecule has 0 spiro atoms. The number of nitrogens with zero attached hydrogens (tertiary/aromatic N) is 2. The van der Waals surface area contributed by atoms with E-state index in [2.05, 4.69) is 16.9 Å². The predicted octanol–water partition coefficient (Wildman–Crippen LogP) is 4.92. The summed E-state index contributed by atoms with van der Waals surface area (Å²) in [7, 11) is 0. The van der Waals surface area contributed by atoms with Crippen molar-refractivity contribution in [1.29, 1.82) is 0 Å². The molecule has 0 aliphatic carbocycles. The van der Waals surface area contributed by atoms with Crippen LogP contribution in [0, 0.1) is 5.92 Å². The minimum Gasteiger partial charge on any atom is -0.481 e. The Morgan fingerprint density at radius 2 is 1.64 bits per heavy atom. The normalized spacial score (nSPS) is 12.1. The average molecular weight is 340 g/mol. The van der Waals surface area contributed by atoms with Crippen LogP contribution in [-0.4, -0.2) is 21.0 Å². The number of hydrogen-bond donors (Lipinski definition) is 1. The van der Waals surface area contributed by atoms with E-state index in [1.54, 1.807) is 6.92 Å². The fourth-order valence-corrected chi connectivity index (χ4v) is 2.80. The molecule has 0 fully saturated rings. The number of aromatic nitrogens is 2. The van der Waals surface area contributed by atoms with Crippen LogP contribution in [0.5, 0.6) is 0 Å². The van der Waals surface area contributed by atoms with E-state index in [0.717, 1.165) is 17.5 Å². The van der Waals surface area contributed by atoms with Gasteiger partial charge in [-0.3, -0.25) is 4.79 Å². The Bertz CT molecular complexity index is 651. The highest BCUT2D eigenvalue weighted by atomic mass is 16.4. The summed E-state index contributed by atoms with van der Waals surface area (Å²) in [5.41, 5.74) is 3.16. The molecule has 4 heteroatoms. The lowest BCUT2D eigenvalue weighted by Gasteiger charge is -2.07. The van der Waals surface area contributed by atoms with Crippen LogP contribution < -0.4 is 0 Å². The molecule has 4 nitrogen and oxygen atoms in total. The van der Waals surface area contributed by atoms with Crippen molar-refractivity contribution in [2.75, 3.05) is 0 Å². The van der Waals surface area contributed by atoms with E-state index in [9.17, 15) is 4.79 Å². The largest absolute Gasteiger partial charge is 0.481 e. The molecular formula is C21H28N2O2. The average Bonchev–Trinajstić information content (AvgIpc) is 2.63. The molecule has 0 saturated carbocycles. The first kappa shape index (κ1) is 19.1. The number of carboxylic acids is 1. The maximum atomic E-state index is 10.9. The van der Waals surface area contributed by atoms with E-state index < -0.39 is 5.97 Å². The van der Waals surface area contributed by atoms with Crippen molar-refractivity contribution in [3.05, 3.63) is 47.8 Å². The molecule has 2 rings (SSSR count). The van der Waals surface area contributed by atoms with Crippen molar-refractivity contribution in [3.63, 3.8) is 0 Å². The molecule has 0 amide bonds. The summed E-state index contributed by atoms with van der Waals surface area (Å²) >= 11 is 0. The molecule has 1 atom stereocenters. The van der Waals surface area contributed by atoms with Gasteiger partial charge in [0, 0.05) is 18.0 Å². The molecule has 1 N–H and O–H groups in total. The van der Waals surface area contributed by atoms with Crippen LogP contribution in [0.3, 0.4) is 0 Å². The summed E-state index contributed by atoms with van der Waals surface area (Å²) in [5.74, 6) is -0.427. The second kappa shape index (κ2) is 9.92. The van der Waals surface area contributed by atoms with Gasteiger partial charge in [-0.15, -0.1) is 0 Å². The van der Waals surface area contributed by atoms with E-state index >= 15 is 0 Å². The minimum atomic E-state index is -0.766. The van der Waals surface area contributed by atoms with Crippen LogP contribution in [0.15, 0.2) is 36.7 Å². The molecule has 1 heterocycles. The zero-order chi connectivity index (χ0) is 18.1. The molecule has 0 saturated heterocycles. The molecule has 1 aromatic carbocycles. The van der Waals surface area contributed by atoms with Gasteiger partial charge in [0.1, 0.15) is 0 Å². The number of unbranched alkanes of at least 4 members (excludes halogenated alkanes) is 4. The Kier molecular flexibility index (Phi) is 7.58. The monoisotopic (exact) mass is 340 g/mol. The van der Waals surface area contributed by atoms with Gasteiger partial charge >= 0.3 is 5.97 Å². The first-order chi connectivity index (χ1) is 12.1. The molecule has 134 valence electrons. The van der Waals surface area contributed by atoms with Crippen molar-refractivity contribution in [2.45, 2.75) is 58.8 Å². The third kappa shape index (κ3) is 6.29. The number of carboxylic acid groups (broad SMARTS) is 1. The van der Waals surface area contributed by atoms with Gasteiger partial charge in [0.05, 0.1) is 5.92 Å². The highest BCUT2D eigenvalue weighted by Gasteiger charge is 2.11. The van der Waals surface area contributed by atoms with E-state index in [-0.39, 0.29) is 5.92 Å². The zero-order valence-electron chi connectivity index (χ0n) is 15.2. The van der Waals surface area contributed by atoms with Gasteiger partial charge in [-0.1, -0.05) is 63.8 Å². The highest BCUT2D eigenvalue weighted by molar-refractivity contribution is 5.70. The molecule has 1 aromatic heterocycles. The standard InChI is InChI=1S/C21H28N2O2/c1-3-4-5-6-7-8-18-14-22-20(23-15-18)19-11-9-17(10-12-19)13-16(2)21(24)25/h9-12,14-16H,3-8,13H2,1-2H3,(H,24,25). The Balaban J connectivity index is 1.90. The Hall–Kier alpha value is -2.23. The maximum absolute atomic E-state index is 10.9. The van der Waals surface area contributed by atoms with Gasteiger partial charge in [-0.2, -0.15) is 0 Å². The third-order valence-electron chi connectivity index (χ3n) is 4.45. The van der Waals surface area contributed by atoms with Gasteiger partial charge in [0.2, 0.25) is 0 Å². The van der Waals surface area contributed by atoms with E-state index in [0.29, 0.717) is 12.2 Å². The Labute approximate surface area is 150 Å². The Morgan fingerprint density at radius 3 is 2.24 bits per heavy atom. The molecular weight excluding hydrogens is 312 g/mol. The van der Waals surface area contributed by atoms with Crippen LogP contribution in [0.4, 0.5) is 0 Å². The molecule has 25 heavy (non-hydrogen) atoms. The zero-order valence-corrected chi connectivity index (χ0v) is 15.2. The lowest BCUT2D eigenvalue weighted by atomic mass is 10.00.